The molecule has 1 atom stereocenters. The molecule has 0 aromatic heterocycles. The Kier molecular flexibility index (Phi) is 4.06. The zero-order valence-electron chi connectivity index (χ0n) is 12.7. The average Bonchev–Trinajstić information content (AvgIpc) is 2.14. The van der Waals surface area contributed by atoms with Crippen molar-refractivity contribution in [2.24, 2.45) is 22.2 Å². The van der Waals surface area contributed by atoms with Crippen LogP contribution >= 0.6 is 0 Å². The van der Waals surface area contributed by atoms with Crippen LogP contribution in [0.3, 0.4) is 0 Å². The van der Waals surface area contributed by atoms with Crippen LogP contribution in [0.4, 0.5) is 0 Å². The Morgan fingerprint density at radius 2 is 1.59 bits per heavy atom. The van der Waals surface area contributed by atoms with Gasteiger partial charge in [0, 0.05) is 16.8 Å². The normalized spacial score (nSPS) is 22.0. The first-order valence-corrected chi connectivity index (χ1v) is 6.73. The van der Waals surface area contributed by atoms with E-state index in [-0.39, 0.29) is 11.6 Å². The molecule has 17 heavy (non-hydrogen) atoms. The molecule has 0 amide bonds. The predicted octanol–water partition coefficient (Wildman–Crippen LogP) is 3.99. The highest BCUT2D eigenvalue weighted by atomic mass is 15.1. The maximum atomic E-state index is 4.84. The molecule has 0 radical (unpaired) electrons. The number of hydrogen-bond donors (Lipinski definition) is 1. The number of nitrogens with one attached hydrogen (secondary N) is 1. The summed E-state index contributed by atoms with van der Waals surface area (Å²) in [6, 6.07) is 0. The third kappa shape index (κ3) is 3.11. The Bertz CT molecular complexity index is 340. The van der Waals surface area contributed by atoms with Crippen molar-refractivity contribution < 1.29 is 0 Å². The fraction of sp³-hybridized carbons (Fsp3) is 0.800. The lowest BCUT2D eigenvalue weighted by molar-refractivity contribution is 0.507. The Morgan fingerprint density at radius 3 is 1.94 bits per heavy atom. The smallest absolute Gasteiger partial charge is 0.115 e. The van der Waals surface area contributed by atoms with Gasteiger partial charge in [-0.1, -0.05) is 48.5 Å². The summed E-state index contributed by atoms with van der Waals surface area (Å²) in [5, 5.41) is 3.54. The molecule has 1 aliphatic rings. The summed E-state index contributed by atoms with van der Waals surface area (Å²) >= 11 is 0. The predicted molar refractivity (Wildman–Crippen MR) is 76.2 cm³/mol. The van der Waals surface area contributed by atoms with E-state index in [2.05, 4.69) is 60.7 Å². The van der Waals surface area contributed by atoms with E-state index in [1.165, 1.54) is 17.0 Å². The second kappa shape index (κ2) is 4.83. The summed E-state index contributed by atoms with van der Waals surface area (Å²) in [5.74, 6) is 1.05. The molecule has 1 aliphatic heterocycles. The Labute approximate surface area is 107 Å². The summed E-state index contributed by atoms with van der Waals surface area (Å²) in [6.07, 6.45) is 0.198. The van der Waals surface area contributed by atoms with Gasteiger partial charge in [-0.2, -0.15) is 0 Å². The number of nitrogens with zero attached hydrogens (tertiary/aromatic N) is 1. The van der Waals surface area contributed by atoms with Gasteiger partial charge in [0.1, 0.15) is 6.17 Å². The van der Waals surface area contributed by atoms with Gasteiger partial charge in [0.2, 0.25) is 0 Å². The standard InChI is InChI=1S/C15H28N2/c1-9(2)12-13(10(3)4)16-11(5)17-14(12)15(6,7)8/h9-11,16H,1-8H3. The van der Waals surface area contributed by atoms with Gasteiger partial charge < -0.3 is 5.32 Å². The maximum absolute atomic E-state index is 4.84. The molecule has 0 bridgehead atoms. The van der Waals surface area contributed by atoms with Crippen molar-refractivity contribution in [3.05, 3.63) is 11.3 Å². The number of rotatable bonds is 2. The molecule has 0 saturated carbocycles. The topological polar surface area (TPSA) is 24.4 Å². The Morgan fingerprint density at radius 1 is 1.06 bits per heavy atom. The van der Waals surface area contributed by atoms with Crippen LogP contribution in [0.25, 0.3) is 0 Å². The lowest BCUT2D eigenvalue weighted by Gasteiger charge is -2.36. The van der Waals surface area contributed by atoms with Crippen molar-refractivity contribution in [3.8, 4) is 0 Å². The van der Waals surface area contributed by atoms with E-state index < -0.39 is 0 Å². The van der Waals surface area contributed by atoms with Crippen LogP contribution in [-0.4, -0.2) is 11.9 Å². The lowest BCUT2D eigenvalue weighted by Crippen LogP contribution is -2.40. The quantitative estimate of drug-likeness (QED) is 0.770. The summed E-state index contributed by atoms with van der Waals surface area (Å²) in [7, 11) is 0. The summed E-state index contributed by atoms with van der Waals surface area (Å²) in [5.41, 5.74) is 4.20. The van der Waals surface area contributed by atoms with Gasteiger partial charge in [-0.05, 0) is 24.3 Å². The van der Waals surface area contributed by atoms with Gasteiger partial charge in [0.25, 0.3) is 0 Å². The van der Waals surface area contributed by atoms with Crippen LogP contribution in [0, 0.1) is 17.3 Å². The molecule has 1 rings (SSSR count). The molecule has 1 heterocycles. The minimum Gasteiger partial charge on any atom is -0.367 e. The highest BCUT2D eigenvalue weighted by molar-refractivity contribution is 6.05. The largest absolute Gasteiger partial charge is 0.367 e. The summed E-state index contributed by atoms with van der Waals surface area (Å²) < 4.78 is 0. The maximum Gasteiger partial charge on any atom is 0.115 e. The zero-order valence-corrected chi connectivity index (χ0v) is 12.7. The first kappa shape index (κ1) is 14.3. The summed E-state index contributed by atoms with van der Waals surface area (Å²) in [4.78, 5) is 4.84. The highest BCUT2D eigenvalue weighted by Gasteiger charge is 2.31. The van der Waals surface area contributed by atoms with Gasteiger partial charge >= 0.3 is 0 Å². The van der Waals surface area contributed by atoms with Gasteiger partial charge in [0.15, 0.2) is 0 Å². The molecule has 2 nitrogen and oxygen atoms in total. The van der Waals surface area contributed by atoms with Crippen LogP contribution in [0.5, 0.6) is 0 Å². The molecule has 0 fully saturated rings. The zero-order chi connectivity index (χ0) is 13.4. The van der Waals surface area contributed by atoms with E-state index >= 15 is 0 Å². The SMILES string of the molecule is CC1N=C(C(C)(C)C)C(C(C)C)=C(C(C)C)N1. The first-order valence-electron chi connectivity index (χ1n) is 6.73. The molecule has 0 saturated heterocycles. The molecule has 2 heteroatoms. The highest BCUT2D eigenvalue weighted by Crippen LogP contribution is 2.32. The molecule has 1 unspecified atom stereocenters. The molecule has 0 aliphatic carbocycles. The molecule has 0 aromatic rings. The lowest BCUT2D eigenvalue weighted by atomic mass is 9.78. The second-order valence-corrected chi connectivity index (χ2v) is 6.68. The van der Waals surface area contributed by atoms with Crippen molar-refractivity contribution >= 4 is 5.71 Å². The Balaban J connectivity index is 3.34. The molecular weight excluding hydrogens is 208 g/mol. The van der Waals surface area contributed by atoms with E-state index in [9.17, 15) is 0 Å². The minimum absolute atomic E-state index is 0.121. The monoisotopic (exact) mass is 236 g/mol. The van der Waals surface area contributed by atoms with E-state index in [1.807, 2.05) is 0 Å². The van der Waals surface area contributed by atoms with E-state index in [1.54, 1.807) is 0 Å². The number of hydrogen-bond acceptors (Lipinski definition) is 2. The van der Waals surface area contributed by atoms with E-state index in [0.717, 1.165) is 0 Å². The van der Waals surface area contributed by atoms with Crippen molar-refractivity contribution in [2.75, 3.05) is 0 Å². The number of allylic oxidation sites excluding steroid dienone is 2. The van der Waals surface area contributed by atoms with Crippen LogP contribution < -0.4 is 5.32 Å². The van der Waals surface area contributed by atoms with E-state index in [4.69, 9.17) is 4.99 Å². The van der Waals surface area contributed by atoms with Gasteiger partial charge in [0.05, 0.1) is 0 Å². The Hall–Kier alpha value is -0.790. The minimum atomic E-state index is 0.121. The van der Waals surface area contributed by atoms with Crippen LogP contribution in [0.15, 0.2) is 16.3 Å². The molecular formula is C15H28N2. The third-order valence-electron chi connectivity index (χ3n) is 3.10. The van der Waals surface area contributed by atoms with Crippen molar-refractivity contribution in [1.82, 2.24) is 5.32 Å². The second-order valence-electron chi connectivity index (χ2n) is 6.68. The molecule has 0 spiro atoms. The molecule has 1 N–H and O–H groups in total. The van der Waals surface area contributed by atoms with E-state index in [0.29, 0.717) is 11.8 Å². The van der Waals surface area contributed by atoms with Crippen LogP contribution in [0.2, 0.25) is 0 Å². The van der Waals surface area contributed by atoms with Crippen molar-refractivity contribution in [2.45, 2.75) is 61.6 Å². The summed E-state index contributed by atoms with van der Waals surface area (Å²) in [6.45, 7) is 17.9. The van der Waals surface area contributed by atoms with Crippen molar-refractivity contribution in [3.63, 3.8) is 0 Å². The third-order valence-corrected chi connectivity index (χ3v) is 3.10. The first-order chi connectivity index (χ1) is 7.64. The van der Waals surface area contributed by atoms with Crippen LogP contribution in [0.1, 0.15) is 55.4 Å². The van der Waals surface area contributed by atoms with Crippen molar-refractivity contribution in [1.29, 1.82) is 0 Å². The molecule has 98 valence electrons. The average molecular weight is 236 g/mol. The van der Waals surface area contributed by atoms with Gasteiger partial charge in [-0.15, -0.1) is 0 Å². The fourth-order valence-electron chi connectivity index (χ4n) is 2.39. The van der Waals surface area contributed by atoms with Crippen LogP contribution in [-0.2, 0) is 0 Å². The van der Waals surface area contributed by atoms with Gasteiger partial charge in [-0.25, -0.2) is 0 Å². The van der Waals surface area contributed by atoms with Gasteiger partial charge in [-0.3, -0.25) is 4.99 Å². The molecule has 0 aromatic carbocycles. The number of aliphatic imine (C=N–C) groups is 1. The fourth-order valence-corrected chi connectivity index (χ4v) is 2.39.